The van der Waals surface area contributed by atoms with Gasteiger partial charge in [0.1, 0.15) is 0 Å². The van der Waals surface area contributed by atoms with Gasteiger partial charge in [-0.1, -0.05) is 64.7 Å². The lowest BCUT2D eigenvalue weighted by Crippen LogP contribution is -2.13. The Labute approximate surface area is 161 Å². The van der Waals surface area contributed by atoms with Crippen LogP contribution in [0.2, 0.25) is 0 Å². The predicted octanol–water partition coefficient (Wildman–Crippen LogP) is 5.27. The molecule has 0 rings (SSSR count). The topological polar surface area (TPSA) is 66.8 Å². The van der Waals surface area contributed by atoms with E-state index in [0.29, 0.717) is 13.0 Å². The molecule has 0 radical (unpaired) electrons. The summed E-state index contributed by atoms with van der Waals surface area (Å²) in [6.07, 6.45) is 15.7. The molecule has 26 heavy (non-hydrogen) atoms. The Bertz CT molecular complexity index is 315. The number of carbonyl (C=O) groups is 2. The van der Waals surface area contributed by atoms with Gasteiger partial charge >= 0.3 is 5.97 Å². The Morgan fingerprint density at radius 2 is 1.27 bits per heavy atom. The molecule has 5 nitrogen and oxygen atoms in total. The van der Waals surface area contributed by atoms with E-state index < -0.39 is 5.97 Å². The molecule has 0 heterocycles. The van der Waals surface area contributed by atoms with E-state index in [1.807, 2.05) is 0 Å². The van der Waals surface area contributed by atoms with Gasteiger partial charge in [-0.2, -0.15) is 0 Å². The van der Waals surface area contributed by atoms with Gasteiger partial charge in [-0.05, 0) is 39.9 Å². The van der Waals surface area contributed by atoms with Crippen molar-refractivity contribution in [2.75, 3.05) is 27.2 Å². The molecule has 0 aliphatic rings. The van der Waals surface area contributed by atoms with E-state index in [2.05, 4.69) is 25.9 Å². The number of unbranched alkanes of at least 4 members (excludes halogenated alkanes) is 10. The highest BCUT2D eigenvalue weighted by atomic mass is 16.5. The summed E-state index contributed by atoms with van der Waals surface area (Å²) < 4.78 is 5.27. The average Bonchev–Trinajstić information content (AvgIpc) is 2.56. The Kier molecular flexibility index (Phi) is 22.9. The summed E-state index contributed by atoms with van der Waals surface area (Å²) >= 11 is 0. The number of ether oxygens (including phenoxy) is 1. The summed E-state index contributed by atoms with van der Waals surface area (Å²) in [6, 6.07) is 0. The molecular formula is C21H43NO4. The fourth-order valence-corrected chi connectivity index (χ4v) is 2.55. The second kappa shape index (κ2) is 21.9. The fourth-order valence-electron chi connectivity index (χ4n) is 2.55. The molecule has 0 aromatic carbocycles. The lowest BCUT2D eigenvalue weighted by atomic mass is 10.1. The highest BCUT2D eigenvalue weighted by Crippen LogP contribution is 2.10. The second-order valence-corrected chi connectivity index (χ2v) is 7.18. The minimum absolute atomic E-state index is 0.0188. The number of hydrogen-bond acceptors (Lipinski definition) is 4. The summed E-state index contributed by atoms with van der Waals surface area (Å²) in [5, 5.41) is 7.42. The third-order valence-corrected chi connectivity index (χ3v) is 4.00. The first-order chi connectivity index (χ1) is 12.4. The van der Waals surface area contributed by atoms with E-state index in [1.54, 1.807) is 0 Å². The number of carboxylic acid groups (broad SMARTS) is 1. The van der Waals surface area contributed by atoms with E-state index in [-0.39, 0.29) is 5.97 Å². The van der Waals surface area contributed by atoms with Gasteiger partial charge in [0.05, 0.1) is 6.61 Å². The van der Waals surface area contributed by atoms with Gasteiger partial charge in [0.2, 0.25) is 0 Å². The van der Waals surface area contributed by atoms with Crippen molar-refractivity contribution in [2.45, 2.75) is 97.3 Å². The van der Waals surface area contributed by atoms with Crippen molar-refractivity contribution >= 4 is 11.9 Å². The van der Waals surface area contributed by atoms with Crippen LogP contribution >= 0.6 is 0 Å². The van der Waals surface area contributed by atoms with Gasteiger partial charge in [0.15, 0.2) is 0 Å². The standard InChI is InChI=1S/C19H39NO2.C2H4O2/c1-4-5-6-7-8-9-10-11-12-15-18-22-19(21)16-13-14-17-20(2)3;1-2(3)4/h4-18H2,1-3H3;1H3,(H,3,4). The Morgan fingerprint density at radius 1 is 0.808 bits per heavy atom. The molecule has 0 aliphatic carbocycles. The van der Waals surface area contributed by atoms with Gasteiger partial charge in [-0.25, -0.2) is 0 Å². The SMILES string of the molecule is CC(=O)O.CCCCCCCCCCCCOC(=O)CCCCN(C)C. The van der Waals surface area contributed by atoms with Crippen LogP contribution in [-0.2, 0) is 14.3 Å². The zero-order valence-electron chi connectivity index (χ0n) is 17.7. The summed E-state index contributed by atoms with van der Waals surface area (Å²) in [4.78, 5) is 22.7. The number of nitrogens with zero attached hydrogens (tertiary/aromatic N) is 1. The van der Waals surface area contributed by atoms with Crippen LogP contribution in [0, 0.1) is 0 Å². The number of carboxylic acids is 1. The van der Waals surface area contributed by atoms with Crippen molar-refractivity contribution in [1.82, 2.24) is 4.90 Å². The molecule has 5 heteroatoms. The van der Waals surface area contributed by atoms with Crippen LogP contribution in [0.3, 0.4) is 0 Å². The molecule has 0 saturated carbocycles. The lowest BCUT2D eigenvalue weighted by molar-refractivity contribution is -0.144. The Morgan fingerprint density at radius 3 is 1.73 bits per heavy atom. The highest BCUT2D eigenvalue weighted by Gasteiger charge is 2.02. The zero-order chi connectivity index (χ0) is 20.0. The van der Waals surface area contributed by atoms with Crippen LogP contribution in [-0.4, -0.2) is 49.2 Å². The van der Waals surface area contributed by atoms with E-state index in [1.165, 1.54) is 57.8 Å². The molecule has 156 valence electrons. The van der Waals surface area contributed by atoms with Crippen molar-refractivity contribution in [1.29, 1.82) is 0 Å². The van der Waals surface area contributed by atoms with E-state index >= 15 is 0 Å². The first kappa shape index (κ1) is 27.1. The summed E-state index contributed by atoms with van der Waals surface area (Å²) in [6.45, 7) is 5.01. The number of rotatable bonds is 16. The van der Waals surface area contributed by atoms with E-state index in [9.17, 15) is 4.79 Å². The number of hydrogen-bond donors (Lipinski definition) is 1. The third-order valence-electron chi connectivity index (χ3n) is 4.00. The van der Waals surface area contributed by atoms with Crippen molar-refractivity contribution in [3.05, 3.63) is 0 Å². The quantitative estimate of drug-likeness (QED) is 0.295. The van der Waals surface area contributed by atoms with Crippen LogP contribution in [0.15, 0.2) is 0 Å². The van der Waals surface area contributed by atoms with Crippen LogP contribution in [0.5, 0.6) is 0 Å². The van der Waals surface area contributed by atoms with E-state index in [4.69, 9.17) is 14.6 Å². The summed E-state index contributed by atoms with van der Waals surface area (Å²) in [7, 11) is 4.12. The highest BCUT2D eigenvalue weighted by molar-refractivity contribution is 5.69. The first-order valence-electron chi connectivity index (χ1n) is 10.4. The van der Waals surface area contributed by atoms with Crippen LogP contribution in [0.4, 0.5) is 0 Å². The molecule has 0 saturated heterocycles. The fraction of sp³-hybridized carbons (Fsp3) is 0.905. The van der Waals surface area contributed by atoms with Gasteiger partial charge in [0.25, 0.3) is 5.97 Å². The van der Waals surface area contributed by atoms with Crippen LogP contribution < -0.4 is 0 Å². The second-order valence-electron chi connectivity index (χ2n) is 7.18. The maximum Gasteiger partial charge on any atom is 0.305 e. The van der Waals surface area contributed by atoms with Gasteiger partial charge in [0, 0.05) is 13.3 Å². The molecular weight excluding hydrogens is 330 g/mol. The minimum atomic E-state index is -0.833. The smallest absolute Gasteiger partial charge is 0.305 e. The summed E-state index contributed by atoms with van der Waals surface area (Å²) in [5.74, 6) is -0.852. The predicted molar refractivity (Wildman–Crippen MR) is 109 cm³/mol. The maximum atomic E-state index is 11.5. The van der Waals surface area contributed by atoms with Gasteiger partial charge in [-0.15, -0.1) is 0 Å². The normalized spacial score (nSPS) is 10.3. The lowest BCUT2D eigenvalue weighted by Gasteiger charge is -2.08. The molecule has 0 bridgehead atoms. The minimum Gasteiger partial charge on any atom is -0.481 e. The molecule has 0 aliphatic heterocycles. The summed E-state index contributed by atoms with van der Waals surface area (Å²) in [5.41, 5.74) is 0. The third kappa shape index (κ3) is 30.7. The van der Waals surface area contributed by atoms with Gasteiger partial charge in [-0.3, -0.25) is 9.59 Å². The Hall–Kier alpha value is -1.10. The molecule has 0 aromatic rings. The molecule has 1 N–H and O–H groups in total. The Balaban J connectivity index is 0. The van der Waals surface area contributed by atoms with Crippen molar-refractivity contribution in [3.8, 4) is 0 Å². The van der Waals surface area contributed by atoms with Crippen molar-refractivity contribution in [3.63, 3.8) is 0 Å². The van der Waals surface area contributed by atoms with Crippen LogP contribution in [0.25, 0.3) is 0 Å². The van der Waals surface area contributed by atoms with Gasteiger partial charge < -0.3 is 14.7 Å². The molecule has 0 aromatic heterocycles. The molecule has 0 fully saturated rings. The zero-order valence-corrected chi connectivity index (χ0v) is 17.7. The molecule has 0 unspecified atom stereocenters. The largest absolute Gasteiger partial charge is 0.481 e. The molecule has 0 atom stereocenters. The molecule has 0 amide bonds. The maximum absolute atomic E-state index is 11.5. The van der Waals surface area contributed by atoms with Crippen molar-refractivity contribution < 1.29 is 19.4 Å². The van der Waals surface area contributed by atoms with E-state index in [0.717, 1.165) is 32.7 Å². The number of esters is 1. The first-order valence-corrected chi connectivity index (χ1v) is 10.4. The number of carbonyl (C=O) groups excluding carboxylic acids is 1. The average molecular weight is 374 g/mol. The molecule has 0 spiro atoms. The van der Waals surface area contributed by atoms with Crippen molar-refractivity contribution in [2.24, 2.45) is 0 Å². The number of aliphatic carboxylic acids is 1. The monoisotopic (exact) mass is 373 g/mol. The van der Waals surface area contributed by atoms with Crippen LogP contribution in [0.1, 0.15) is 97.3 Å².